The summed E-state index contributed by atoms with van der Waals surface area (Å²) in [6.45, 7) is 2.85. The quantitative estimate of drug-likeness (QED) is 0.114. The van der Waals surface area contributed by atoms with Crippen LogP contribution >= 0.6 is 0 Å². The molecule has 0 amide bonds. The zero-order chi connectivity index (χ0) is 25.5. The molecule has 0 bridgehead atoms. The Morgan fingerprint density at radius 1 is 0.895 bits per heavy atom. The number of aliphatic hydroxyl groups excluding tert-OH is 1. The monoisotopic (exact) mass is 676 g/mol. The molecule has 3 heterocycles. The number of benzene rings is 4. The molecule has 1 radical (unpaired) electrons. The van der Waals surface area contributed by atoms with E-state index in [9.17, 15) is 4.79 Å². The molecule has 0 atom stereocenters. The molecule has 3 aromatic heterocycles. The number of fused-ring (bicyclic) bond motifs is 3. The summed E-state index contributed by atoms with van der Waals surface area (Å²) in [5.74, 6) is -0.0625. The summed E-state index contributed by atoms with van der Waals surface area (Å²) in [6.07, 6.45) is 1.17. The van der Waals surface area contributed by atoms with Crippen molar-refractivity contribution in [2.75, 3.05) is 0 Å². The van der Waals surface area contributed by atoms with Crippen LogP contribution in [0.1, 0.15) is 13.8 Å². The third kappa shape index (κ3) is 4.38. The molecule has 5 nitrogen and oxygen atoms in total. The summed E-state index contributed by atoms with van der Waals surface area (Å²) in [5.41, 5.74) is 6.78. The van der Waals surface area contributed by atoms with Crippen molar-refractivity contribution < 1.29 is 34.4 Å². The first-order valence-electron chi connectivity index (χ1n) is 12.0. The number of aliphatic hydroxyl groups is 1. The summed E-state index contributed by atoms with van der Waals surface area (Å²) in [6, 6.07) is 34.5. The van der Waals surface area contributed by atoms with Gasteiger partial charge in [-0.15, -0.1) is 23.6 Å². The fourth-order valence-corrected chi connectivity index (χ4v) is 4.91. The Kier molecular flexibility index (Phi) is 6.85. The van der Waals surface area contributed by atoms with Crippen LogP contribution in [0.4, 0.5) is 0 Å². The molecule has 1 N–H and O–H groups in total. The largest absolute Gasteiger partial charge is 0.512 e. The zero-order valence-electron chi connectivity index (χ0n) is 20.7. The van der Waals surface area contributed by atoms with E-state index in [0.29, 0.717) is 0 Å². The molecule has 0 aliphatic carbocycles. The molecule has 189 valence electrons. The standard InChI is InChI=1S/C27H15N2O.C5H8O2.Ir/c1-2-9-18(10-3-1)29-21-13-6-11-19-25(21)26-22(29)14-7-15-23(26)30-24-16-17-8-4-5-12-20(17)28-27(19)24;1-4(6)3-5(2)7;/h1-10,12-16H;3,6H,1-2H3;/q-1;;/b;4-3-;. The molecule has 0 aliphatic heterocycles. The first kappa shape index (κ1) is 25.4. The number of ketones is 1. The third-order valence-corrected chi connectivity index (χ3v) is 6.28. The van der Waals surface area contributed by atoms with Crippen LogP contribution in [0.3, 0.4) is 0 Å². The molecule has 7 rings (SSSR count). The number of aromatic nitrogens is 2. The number of para-hydroxylation sites is 2. The summed E-state index contributed by atoms with van der Waals surface area (Å²) in [4.78, 5) is 15.0. The fraction of sp³-hybridized carbons (Fsp3) is 0.0625. The van der Waals surface area contributed by atoms with Crippen molar-refractivity contribution in [1.82, 2.24) is 9.55 Å². The molecular weight excluding hydrogens is 653 g/mol. The average molecular weight is 676 g/mol. The van der Waals surface area contributed by atoms with Gasteiger partial charge in [0, 0.05) is 53.7 Å². The SMILES string of the molecule is CC(=O)/C=C(/C)O.[Ir].[c-]1ccc2c3c1c1nc4ccccc4cc1oc1cccc(c13)n2-c1ccccc1. The number of pyridine rings is 1. The molecule has 0 spiro atoms. The Morgan fingerprint density at radius 3 is 2.37 bits per heavy atom. The number of nitrogens with zero attached hydrogens (tertiary/aromatic N) is 2. The predicted molar refractivity (Wildman–Crippen MR) is 149 cm³/mol. The van der Waals surface area contributed by atoms with Crippen molar-refractivity contribution in [1.29, 1.82) is 0 Å². The van der Waals surface area contributed by atoms with Crippen LogP contribution in [0.5, 0.6) is 0 Å². The molecule has 4 aromatic carbocycles. The van der Waals surface area contributed by atoms with E-state index in [1.807, 2.05) is 36.4 Å². The van der Waals surface area contributed by atoms with Gasteiger partial charge in [-0.1, -0.05) is 47.9 Å². The summed E-state index contributed by atoms with van der Waals surface area (Å²) < 4.78 is 8.77. The molecule has 0 fully saturated rings. The Labute approximate surface area is 232 Å². The summed E-state index contributed by atoms with van der Waals surface area (Å²) in [5, 5.41) is 12.6. The van der Waals surface area contributed by atoms with Gasteiger partial charge in [0.15, 0.2) is 5.78 Å². The average Bonchev–Trinajstić information content (AvgIpc) is 3.16. The predicted octanol–water partition coefficient (Wildman–Crippen LogP) is 8.07. The van der Waals surface area contributed by atoms with Crippen molar-refractivity contribution in [3.05, 3.63) is 109 Å². The molecule has 7 aromatic rings. The number of carbonyl (C=O) groups excluding carboxylic acids is 1. The van der Waals surface area contributed by atoms with E-state index in [4.69, 9.17) is 14.5 Å². The maximum Gasteiger partial charge on any atom is 0.155 e. The number of rotatable bonds is 2. The maximum absolute atomic E-state index is 10.0. The van der Waals surface area contributed by atoms with Crippen LogP contribution in [-0.4, -0.2) is 20.4 Å². The van der Waals surface area contributed by atoms with Gasteiger partial charge in [0.25, 0.3) is 0 Å². The molecular formula is C32H23IrN2O3-. The second-order valence-electron chi connectivity index (χ2n) is 8.96. The summed E-state index contributed by atoms with van der Waals surface area (Å²) >= 11 is 0. The van der Waals surface area contributed by atoms with E-state index in [0.717, 1.165) is 60.5 Å². The fourth-order valence-electron chi connectivity index (χ4n) is 4.91. The van der Waals surface area contributed by atoms with Crippen LogP contribution in [0.25, 0.3) is 60.5 Å². The van der Waals surface area contributed by atoms with Gasteiger partial charge in [-0.25, -0.2) is 0 Å². The van der Waals surface area contributed by atoms with Gasteiger partial charge in [0.2, 0.25) is 0 Å². The summed E-state index contributed by atoms with van der Waals surface area (Å²) in [7, 11) is 0. The van der Waals surface area contributed by atoms with E-state index >= 15 is 0 Å². The number of hydrogen-bond donors (Lipinski definition) is 1. The van der Waals surface area contributed by atoms with Gasteiger partial charge in [-0.2, -0.15) is 0 Å². The van der Waals surface area contributed by atoms with Gasteiger partial charge in [-0.05, 0) is 55.8 Å². The van der Waals surface area contributed by atoms with E-state index < -0.39 is 0 Å². The second-order valence-corrected chi connectivity index (χ2v) is 8.96. The molecule has 0 unspecified atom stereocenters. The molecule has 38 heavy (non-hydrogen) atoms. The minimum Gasteiger partial charge on any atom is -0.512 e. The third-order valence-electron chi connectivity index (χ3n) is 6.28. The molecule has 0 aliphatic rings. The normalized spacial score (nSPS) is 11.6. The molecule has 0 saturated heterocycles. The van der Waals surface area contributed by atoms with Crippen molar-refractivity contribution in [2.45, 2.75) is 13.8 Å². The number of hydrogen-bond acceptors (Lipinski definition) is 4. The van der Waals surface area contributed by atoms with Crippen molar-refractivity contribution in [3.8, 4) is 5.69 Å². The Bertz CT molecular complexity index is 1980. The first-order chi connectivity index (χ1) is 18.0. The Morgan fingerprint density at radius 2 is 1.63 bits per heavy atom. The second kappa shape index (κ2) is 10.3. The number of allylic oxidation sites excluding steroid dienone is 2. The van der Waals surface area contributed by atoms with Gasteiger partial charge in [0.1, 0.15) is 11.2 Å². The van der Waals surface area contributed by atoms with Crippen LogP contribution in [0.15, 0.2) is 107 Å². The zero-order valence-corrected chi connectivity index (χ0v) is 23.1. The topological polar surface area (TPSA) is 68.3 Å². The smallest absolute Gasteiger partial charge is 0.155 e. The van der Waals surface area contributed by atoms with E-state index in [1.54, 1.807) is 0 Å². The van der Waals surface area contributed by atoms with Crippen molar-refractivity contribution >= 4 is 60.6 Å². The van der Waals surface area contributed by atoms with Gasteiger partial charge < -0.3 is 14.1 Å². The van der Waals surface area contributed by atoms with E-state index in [2.05, 4.69) is 65.2 Å². The maximum atomic E-state index is 10.0. The van der Waals surface area contributed by atoms with Crippen LogP contribution in [0, 0.1) is 6.07 Å². The van der Waals surface area contributed by atoms with Gasteiger partial charge >= 0.3 is 0 Å². The van der Waals surface area contributed by atoms with Gasteiger partial charge in [0.05, 0.1) is 11.3 Å². The van der Waals surface area contributed by atoms with Crippen LogP contribution < -0.4 is 0 Å². The minimum atomic E-state index is -0.125. The Balaban J connectivity index is 0.000000329. The first-order valence-corrected chi connectivity index (χ1v) is 12.0. The minimum absolute atomic E-state index is 0. The van der Waals surface area contributed by atoms with E-state index in [1.165, 1.54) is 19.9 Å². The van der Waals surface area contributed by atoms with Crippen LogP contribution in [0.2, 0.25) is 0 Å². The molecule has 6 heteroatoms. The van der Waals surface area contributed by atoms with Gasteiger partial charge in [-0.3, -0.25) is 9.78 Å². The van der Waals surface area contributed by atoms with E-state index in [-0.39, 0.29) is 31.6 Å². The number of carbonyl (C=O) groups is 1. The Hall–Kier alpha value is -4.25. The van der Waals surface area contributed by atoms with Crippen molar-refractivity contribution in [3.63, 3.8) is 0 Å². The van der Waals surface area contributed by atoms with Crippen LogP contribution in [-0.2, 0) is 24.9 Å². The molecule has 0 saturated carbocycles. The van der Waals surface area contributed by atoms with Crippen molar-refractivity contribution in [2.24, 2.45) is 0 Å².